The van der Waals surface area contributed by atoms with Gasteiger partial charge in [-0.3, -0.25) is 0 Å². The molecule has 0 N–H and O–H groups in total. The summed E-state index contributed by atoms with van der Waals surface area (Å²) in [5, 5.41) is 0.558. The molecule has 0 heterocycles. The minimum Gasteiger partial charge on any atom is -0.422 e. The standard InChI is InChI=1S/C8H21O3Si2/c1-6-8(12-11-7(2)3)13(9-4)10-5/h7-8H,6,12H2,1-5H3. The van der Waals surface area contributed by atoms with Crippen LogP contribution >= 0.6 is 0 Å². The Hall–Kier alpha value is 0.314. The van der Waals surface area contributed by atoms with E-state index < -0.39 is 19.0 Å². The van der Waals surface area contributed by atoms with E-state index in [2.05, 4.69) is 20.8 Å². The van der Waals surface area contributed by atoms with Gasteiger partial charge in [0.05, 0.1) is 0 Å². The van der Waals surface area contributed by atoms with Crippen LogP contribution in [-0.4, -0.2) is 39.4 Å². The van der Waals surface area contributed by atoms with Crippen LogP contribution in [0.2, 0.25) is 5.16 Å². The van der Waals surface area contributed by atoms with E-state index in [1.165, 1.54) is 0 Å². The van der Waals surface area contributed by atoms with Gasteiger partial charge in [-0.05, 0) is 13.8 Å². The van der Waals surface area contributed by atoms with Crippen molar-refractivity contribution in [2.45, 2.75) is 38.5 Å². The molecule has 0 aliphatic carbocycles. The van der Waals surface area contributed by atoms with Crippen molar-refractivity contribution in [3.05, 3.63) is 0 Å². The molecule has 0 amide bonds. The largest absolute Gasteiger partial charge is 0.422 e. The quantitative estimate of drug-likeness (QED) is 0.601. The van der Waals surface area contributed by atoms with Crippen LogP contribution in [0.4, 0.5) is 0 Å². The van der Waals surface area contributed by atoms with E-state index in [4.69, 9.17) is 13.3 Å². The lowest BCUT2D eigenvalue weighted by atomic mass is 10.5. The first-order chi connectivity index (χ1) is 6.15. The first kappa shape index (κ1) is 13.3. The smallest absolute Gasteiger partial charge is 0.386 e. The van der Waals surface area contributed by atoms with Gasteiger partial charge >= 0.3 is 9.28 Å². The number of hydrogen-bond donors (Lipinski definition) is 0. The van der Waals surface area contributed by atoms with Crippen molar-refractivity contribution in [1.29, 1.82) is 0 Å². The lowest BCUT2D eigenvalue weighted by molar-refractivity contribution is 0.240. The van der Waals surface area contributed by atoms with Crippen LogP contribution in [-0.2, 0) is 13.3 Å². The molecule has 5 heteroatoms. The zero-order valence-corrected chi connectivity index (χ0v) is 11.7. The van der Waals surface area contributed by atoms with E-state index >= 15 is 0 Å². The second kappa shape index (κ2) is 7.69. The fourth-order valence-corrected chi connectivity index (χ4v) is 4.93. The van der Waals surface area contributed by atoms with E-state index in [0.29, 0.717) is 11.3 Å². The first-order valence-electron chi connectivity index (χ1n) is 4.72. The summed E-state index contributed by atoms with van der Waals surface area (Å²) in [6, 6.07) is 0. The zero-order valence-electron chi connectivity index (χ0n) is 9.29. The Kier molecular flexibility index (Phi) is 7.88. The van der Waals surface area contributed by atoms with Crippen LogP contribution < -0.4 is 0 Å². The summed E-state index contributed by atoms with van der Waals surface area (Å²) in [5.41, 5.74) is 0. The van der Waals surface area contributed by atoms with Crippen molar-refractivity contribution in [1.82, 2.24) is 0 Å². The molecule has 0 aliphatic heterocycles. The van der Waals surface area contributed by atoms with Gasteiger partial charge < -0.3 is 13.3 Å². The topological polar surface area (TPSA) is 27.7 Å². The van der Waals surface area contributed by atoms with Crippen molar-refractivity contribution in [2.24, 2.45) is 0 Å². The summed E-state index contributed by atoms with van der Waals surface area (Å²) >= 11 is 0. The van der Waals surface area contributed by atoms with Gasteiger partial charge in [0.25, 0.3) is 0 Å². The molecule has 13 heavy (non-hydrogen) atoms. The molecule has 1 atom stereocenters. The molecule has 3 nitrogen and oxygen atoms in total. The molecule has 0 aliphatic rings. The Morgan fingerprint density at radius 1 is 1.23 bits per heavy atom. The SMILES string of the molecule is CCC([SiH2]OC(C)C)[Si](OC)OC. The molecular formula is C8H21O3Si2. The third kappa shape index (κ3) is 5.59. The van der Waals surface area contributed by atoms with Gasteiger partial charge in [-0.2, -0.15) is 0 Å². The molecule has 79 valence electrons. The molecule has 0 spiro atoms. The van der Waals surface area contributed by atoms with Crippen molar-refractivity contribution in [3.63, 3.8) is 0 Å². The molecule has 0 bridgehead atoms. The molecule has 1 radical (unpaired) electrons. The highest BCUT2D eigenvalue weighted by atomic mass is 28.3. The molecule has 0 saturated carbocycles. The van der Waals surface area contributed by atoms with Gasteiger partial charge in [-0.1, -0.05) is 13.3 Å². The third-order valence-corrected chi connectivity index (χ3v) is 7.08. The van der Waals surface area contributed by atoms with Crippen molar-refractivity contribution >= 4 is 19.0 Å². The minimum atomic E-state index is -1.07. The molecular weight excluding hydrogens is 200 g/mol. The number of rotatable bonds is 7. The van der Waals surface area contributed by atoms with Crippen LogP contribution in [0.3, 0.4) is 0 Å². The Bertz CT molecular complexity index is 118. The van der Waals surface area contributed by atoms with E-state index in [1.807, 2.05) is 0 Å². The average molecular weight is 221 g/mol. The predicted octanol–water partition coefficient (Wildman–Crippen LogP) is 1.01. The highest BCUT2D eigenvalue weighted by Gasteiger charge is 2.25. The third-order valence-electron chi connectivity index (χ3n) is 1.86. The van der Waals surface area contributed by atoms with Crippen LogP contribution in [0.15, 0.2) is 0 Å². The zero-order chi connectivity index (χ0) is 10.3. The van der Waals surface area contributed by atoms with Crippen molar-refractivity contribution < 1.29 is 13.3 Å². The summed E-state index contributed by atoms with van der Waals surface area (Å²) in [6.07, 6.45) is 1.45. The average Bonchev–Trinajstić information content (AvgIpc) is 2.11. The van der Waals surface area contributed by atoms with Gasteiger partial charge in [0.1, 0.15) is 0 Å². The second-order valence-corrected chi connectivity index (χ2v) is 7.95. The minimum absolute atomic E-state index is 0.345. The molecule has 0 aromatic rings. The van der Waals surface area contributed by atoms with Crippen LogP contribution in [0.25, 0.3) is 0 Å². The summed E-state index contributed by atoms with van der Waals surface area (Å²) in [5.74, 6) is 0. The fourth-order valence-electron chi connectivity index (χ4n) is 1.08. The predicted molar refractivity (Wildman–Crippen MR) is 58.6 cm³/mol. The maximum Gasteiger partial charge on any atom is 0.386 e. The summed E-state index contributed by atoms with van der Waals surface area (Å²) in [7, 11) is 1.89. The Morgan fingerprint density at radius 2 is 1.77 bits per heavy atom. The van der Waals surface area contributed by atoms with Gasteiger partial charge in [0.15, 0.2) is 9.76 Å². The molecule has 0 fully saturated rings. The molecule has 0 saturated heterocycles. The van der Waals surface area contributed by atoms with Gasteiger partial charge in [-0.15, -0.1) is 0 Å². The Morgan fingerprint density at radius 3 is 2.08 bits per heavy atom. The van der Waals surface area contributed by atoms with Crippen molar-refractivity contribution in [2.75, 3.05) is 14.2 Å². The lowest BCUT2D eigenvalue weighted by Crippen LogP contribution is -2.31. The first-order valence-corrected chi connectivity index (χ1v) is 7.50. The van der Waals surface area contributed by atoms with E-state index in [-0.39, 0.29) is 0 Å². The Labute approximate surface area is 85.6 Å². The van der Waals surface area contributed by atoms with Crippen LogP contribution in [0, 0.1) is 0 Å². The van der Waals surface area contributed by atoms with E-state index in [1.54, 1.807) is 14.2 Å². The maximum absolute atomic E-state index is 5.68. The van der Waals surface area contributed by atoms with Crippen LogP contribution in [0.1, 0.15) is 27.2 Å². The fraction of sp³-hybridized carbons (Fsp3) is 1.00. The van der Waals surface area contributed by atoms with Gasteiger partial charge in [0.2, 0.25) is 0 Å². The maximum atomic E-state index is 5.68. The van der Waals surface area contributed by atoms with E-state index in [9.17, 15) is 0 Å². The second-order valence-electron chi connectivity index (χ2n) is 3.21. The van der Waals surface area contributed by atoms with Crippen molar-refractivity contribution in [3.8, 4) is 0 Å². The van der Waals surface area contributed by atoms with Crippen LogP contribution in [0.5, 0.6) is 0 Å². The molecule has 0 rings (SSSR count). The molecule has 1 unspecified atom stereocenters. The summed E-state index contributed by atoms with van der Waals surface area (Å²) in [4.78, 5) is 0. The normalized spacial score (nSPS) is 15.0. The molecule has 0 aromatic heterocycles. The van der Waals surface area contributed by atoms with E-state index in [0.717, 1.165) is 6.42 Å². The summed E-state index contributed by atoms with van der Waals surface area (Å²) < 4.78 is 16.3. The summed E-state index contributed by atoms with van der Waals surface area (Å²) in [6.45, 7) is 6.32. The monoisotopic (exact) mass is 221 g/mol. The highest BCUT2D eigenvalue weighted by molar-refractivity contribution is 6.61. The molecule has 0 aromatic carbocycles. The number of hydrogen-bond acceptors (Lipinski definition) is 3. The van der Waals surface area contributed by atoms with Gasteiger partial charge in [0, 0.05) is 25.5 Å². The highest BCUT2D eigenvalue weighted by Crippen LogP contribution is 2.15. The van der Waals surface area contributed by atoms with Gasteiger partial charge in [-0.25, -0.2) is 0 Å². The Balaban J connectivity index is 3.85. The lowest BCUT2D eigenvalue weighted by Gasteiger charge is -2.20.